The van der Waals surface area contributed by atoms with E-state index in [9.17, 15) is 9.90 Å². The van der Waals surface area contributed by atoms with Gasteiger partial charge in [0.05, 0.1) is 6.10 Å². The van der Waals surface area contributed by atoms with Crippen LogP contribution in [0.4, 0.5) is 0 Å². The molecule has 6 heteroatoms. The Morgan fingerprint density at radius 3 is 1.72 bits per heavy atom. The standard InChI is InChI=1S/C30H58N2O4/c1-10-22(26(34)36-24-20-29(6,7)32-30(8,9)21-24)16-14-12-11-13-15-17-25(33)35-23-18-27(2,3)31-28(4,5)19-23/h22-24,26,31-32,34H,10-21H2,1-9H3. The third kappa shape index (κ3) is 11.4. The van der Waals surface area contributed by atoms with Crippen LogP contribution < -0.4 is 10.6 Å². The van der Waals surface area contributed by atoms with Crippen LogP contribution in [0.2, 0.25) is 0 Å². The van der Waals surface area contributed by atoms with Crippen LogP contribution >= 0.6 is 0 Å². The van der Waals surface area contributed by atoms with Gasteiger partial charge in [-0.15, -0.1) is 0 Å². The zero-order valence-electron chi connectivity index (χ0n) is 25.0. The number of esters is 1. The first-order valence-electron chi connectivity index (χ1n) is 14.6. The summed E-state index contributed by atoms with van der Waals surface area (Å²) < 4.78 is 12.0. The molecule has 2 fully saturated rings. The van der Waals surface area contributed by atoms with Crippen molar-refractivity contribution in [3.8, 4) is 0 Å². The SMILES string of the molecule is CCC(CCCCCCCC(=O)OC1CC(C)(C)NC(C)(C)C1)C(O)OC1CC(C)(C)NC(C)(C)C1. The summed E-state index contributed by atoms with van der Waals surface area (Å²) in [5.74, 6) is 0.128. The van der Waals surface area contributed by atoms with E-state index in [1.54, 1.807) is 0 Å². The van der Waals surface area contributed by atoms with E-state index in [0.29, 0.717) is 6.42 Å². The van der Waals surface area contributed by atoms with E-state index in [1.165, 1.54) is 0 Å². The molecule has 0 radical (unpaired) electrons. The van der Waals surface area contributed by atoms with E-state index in [2.05, 4.69) is 72.9 Å². The predicted octanol–water partition coefficient (Wildman–Crippen LogP) is 6.24. The quantitative estimate of drug-likeness (QED) is 0.155. The summed E-state index contributed by atoms with van der Waals surface area (Å²) in [6, 6.07) is 0. The molecular weight excluding hydrogens is 452 g/mol. The third-order valence-electron chi connectivity index (χ3n) is 7.82. The van der Waals surface area contributed by atoms with Crippen LogP contribution in [0.5, 0.6) is 0 Å². The molecule has 212 valence electrons. The molecule has 2 aliphatic rings. The molecule has 0 amide bonds. The second-order valence-corrected chi connectivity index (χ2v) is 14.3. The Hall–Kier alpha value is -0.690. The van der Waals surface area contributed by atoms with Crippen LogP contribution in [-0.2, 0) is 14.3 Å². The molecule has 0 aromatic rings. The molecule has 0 aromatic heterocycles. The number of piperidine rings is 2. The van der Waals surface area contributed by atoms with Crippen molar-refractivity contribution in [2.45, 2.75) is 180 Å². The Morgan fingerprint density at radius 1 is 0.778 bits per heavy atom. The highest BCUT2D eigenvalue weighted by Gasteiger charge is 2.40. The molecule has 2 unspecified atom stereocenters. The Labute approximate surface area is 222 Å². The minimum absolute atomic E-state index is 0.00499. The minimum Gasteiger partial charge on any atom is -0.462 e. The lowest BCUT2D eigenvalue weighted by atomic mass is 9.81. The number of ether oxygens (including phenoxy) is 2. The molecule has 2 atom stereocenters. The fraction of sp³-hybridized carbons (Fsp3) is 0.967. The summed E-state index contributed by atoms with van der Waals surface area (Å²) in [4.78, 5) is 12.4. The summed E-state index contributed by atoms with van der Waals surface area (Å²) in [7, 11) is 0. The Kier molecular flexibility index (Phi) is 11.3. The minimum atomic E-state index is -0.690. The molecule has 36 heavy (non-hydrogen) atoms. The summed E-state index contributed by atoms with van der Waals surface area (Å²) in [6.07, 6.45) is 10.7. The van der Waals surface area contributed by atoms with Crippen molar-refractivity contribution >= 4 is 5.97 Å². The number of carbonyl (C=O) groups is 1. The molecule has 0 spiro atoms. The number of aliphatic hydroxyl groups is 1. The molecule has 0 aromatic carbocycles. The van der Waals surface area contributed by atoms with Crippen LogP contribution in [-0.4, -0.2) is 51.7 Å². The van der Waals surface area contributed by atoms with Gasteiger partial charge in [0, 0.05) is 47.3 Å². The maximum Gasteiger partial charge on any atom is 0.306 e. The fourth-order valence-electron chi connectivity index (χ4n) is 6.94. The molecule has 2 rings (SSSR count). The van der Waals surface area contributed by atoms with E-state index in [-0.39, 0.29) is 46.3 Å². The molecule has 6 nitrogen and oxygen atoms in total. The van der Waals surface area contributed by atoms with Gasteiger partial charge in [-0.3, -0.25) is 4.79 Å². The molecule has 0 saturated carbocycles. The van der Waals surface area contributed by atoms with Gasteiger partial charge in [0.15, 0.2) is 6.29 Å². The molecular formula is C30H58N2O4. The Bertz CT molecular complexity index is 656. The smallest absolute Gasteiger partial charge is 0.306 e. The number of nitrogens with one attached hydrogen (secondary N) is 2. The first kappa shape index (κ1) is 31.5. The van der Waals surface area contributed by atoms with Gasteiger partial charge in [0.25, 0.3) is 0 Å². The van der Waals surface area contributed by atoms with Crippen LogP contribution in [0.15, 0.2) is 0 Å². The third-order valence-corrected chi connectivity index (χ3v) is 7.82. The van der Waals surface area contributed by atoms with E-state index in [1.807, 2.05) is 0 Å². The topological polar surface area (TPSA) is 79.8 Å². The van der Waals surface area contributed by atoms with Crippen molar-refractivity contribution in [1.29, 1.82) is 0 Å². The van der Waals surface area contributed by atoms with Gasteiger partial charge >= 0.3 is 5.97 Å². The average Bonchev–Trinajstić information content (AvgIpc) is 2.64. The van der Waals surface area contributed by atoms with Gasteiger partial charge in [0.2, 0.25) is 0 Å². The van der Waals surface area contributed by atoms with Crippen molar-refractivity contribution in [1.82, 2.24) is 10.6 Å². The summed E-state index contributed by atoms with van der Waals surface area (Å²) in [6.45, 7) is 19.7. The molecule has 2 saturated heterocycles. The lowest BCUT2D eigenvalue weighted by Crippen LogP contribution is -2.60. The summed E-state index contributed by atoms with van der Waals surface area (Å²) in [5.41, 5.74) is 0.00697. The number of rotatable bonds is 13. The summed E-state index contributed by atoms with van der Waals surface area (Å²) in [5, 5.41) is 18.1. The van der Waals surface area contributed by atoms with E-state index >= 15 is 0 Å². The average molecular weight is 511 g/mol. The van der Waals surface area contributed by atoms with Gasteiger partial charge in [-0.2, -0.15) is 0 Å². The zero-order chi connectivity index (χ0) is 27.2. The lowest BCUT2D eigenvalue weighted by Gasteiger charge is -2.47. The molecule has 0 aliphatic carbocycles. The van der Waals surface area contributed by atoms with Crippen LogP contribution in [0, 0.1) is 5.92 Å². The van der Waals surface area contributed by atoms with Crippen LogP contribution in [0.1, 0.15) is 139 Å². The largest absolute Gasteiger partial charge is 0.462 e. The van der Waals surface area contributed by atoms with Gasteiger partial charge in [-0.1, -0.05) is 32.6 Å². The second-order valence-electron chi connectivity index (χ2n) is 14.3. The van der Waals surface area contributed by atoms with Crippen molar-refractivity contribution < 1.29 is 19.4 Å². The number of hydrogen-bond acceptors (Lipinski definition) is 6. The zero-order valence-corrected chi connectivity index (χ0v) is 25.0. The highest BCUT2D eigenvalue weighted by atomic mass is 16.6. The van der Waals surface area contributed by atoms with E-state index < -0.39 is 6.29 Å². The van der Waals surface area contributed by atoms with Gasteiger partial charge < -0.3 is 25.2 Å². The van der Waals surface area contributed by atoms with E-state index in [4.69, 9.17) is 9.47 Å². The molecule has 2 aliphatic heterocycles. The van der Waals surface area contributed by atoms with Crippen molar-refractivity contribution in [3.63, 3.8) is 0 Å². The normalized spacial score (nSPS) is 25.3. The maximum atomic E-state index is 12.4. The monoisotopic (exact) mass is 510 g/mol. The van der Waals surface area contributed by atoms with E-state index in [0.717, 1.165) is 70.6 Å². The first-order valence-corrected chi connectivity index (χ1v) is 14.6. The van der Waals surface area contributed by atoms with Gasteiger partial charge in [-0.05, 0) is 87.5 Å². The highest BCUT2D eigenvalue weighted by molar-refractivity contribution is 5.69. The second kappa shape index (κ2) is 12.9. The van der Waals surface area contributed by atoms with Gasteiger partial charge in [0.1, 0.15) is 6.10 Å². The predicted molar refractivity (Wildman–Crippen MR) is 148 cm³/mol. The molecule has 0 bridgehead atoms. The maximum absolute atomic E-state index is 12.4. The van der Waals surface area contributed by atoms with Crippen molar-refractivity contribution in [3.05, 3.63) is 0 Å². The van der Waals surface area contributed by atoms with Crippen molar-refractivity contribution in [2.24, 2.45) is 5.92 Å². The number of unbranched alkanes of at least 4 members (excludes halogenated alkanes) is 4. The number of carbonyl (C=O) groups excluding carboxylic acids is 1. The van der Waals surface area contributed by atoms with Gasteiger partial charge in [-0.25, -0.2) is 0 Å². The molecule has 2 heterocycles. The van der Waals surface area contributed by atoms with Crippen molar-refractivity contribution in [2.75, 3.05) is 0 Å². The highest BCUT2D eigenvalue weighted by Crippen LogP contribution is 2.33. The lowest BCUT2D eigenvalue weighted by molar-refractivity contribution is -0.184. The first-order chi connectivity index (χ1) is 16.5. The van der Waals surface area contributed by atoms with Crippen LogP contribution in [0.25, 0.3) is 0 Å². The summed E-state index contributed by atoms with van der Waals surface area (Å²) >= 11 is 0. The van der Waals surface area contributed by atoms with Crippen LogP contribution in [0.3, 0.4) is 0 Å². The Balaban J connectivity index is 1.60. The Morgan fingerprint density at radius 2 is 1.22 bits per heavy atom. The molecule has 3 N–H and O–H groups in total. The number of hydrogen-bond donors (Lipinski definition) is 3. The number of aliphatic hydroxyl groups excluding tert-OH is 1. The fourth-order valence-corrected chi connectivity index (χ4v) is 6.94.